The van der Waals surface area contributed by atoms with Crippen molar-refractivity contribution in [3.63, 3.8) is 0 Å². The fraction of sp³-hybridized carbons (Fsp3) is 0. The predicted molar refractivity (Wildman–Crippen MR) is 90.2 cm³/mol. The number of carbonyl (C=O) groups excluding carboxylic acids is 1. The number of nitrogens with zero attached hydrogens (tertiary/aromatic N) is 1. The molecule has 4 rings (SSSR count). The second-order valence-corrected chi connectivity index (χ2v) is 5.44. The Hall–Kier alpha value is -3.47. The number of para-hydroxylation sites is 1. The van der Waals surface area contributed by atoms with Crippen molar-refractivity contribution in [2.75, 3.05) is 0 Å². The van der Waals surface area contributed by atoms with Gasteiger partial charge in [0.1, 0.15) is 11.2 Å². The average Bonchev–Trinajstić information content (AvgIpc) is 2.99. The number of carbonyl (C=O) groups is 1. The molecule has 116 valence electrons. The highest BCUT2D eigenvalue weighted by molar-refractivity contribution is 6.13. The van der Waals surface area contributed by atoms with Gasteiger partial charge in [-0.15, -0.1) is 0 Å². The van der Waals surface area contributed by atoms with Crippen LogP contribution in [0.25, 0.3) is 21.9 Å². The summed E-state index contributed by atoms with van der Waals surface area (Å²) in [6.45, 7) is 0. The van der Waals surface area contributed by atoms with Crippen LogP contribution < -0.4 is 0 Å². The summed E-state index contributed by atoms with van der Waals surface area (Å²) in [7, 11) is 0. The second-order valence-electron chi connectivity index (χ2n) is 5.44. The van der Waals surface area contributed by atoms with Crippen molar-refractivity contribution >= 4 is 33.4 Å². The number of fused-ring (bicyclic) bond motifs is 3. The van der Waals surface area contributed by atoms with Crippen LogP contribution in [0.5, 0.6) is 0 Å². The van der Waals surface area contributed by atoms with Crippen molar-refractivity contribution < 1.29 is 14.1 Å². The summed E-state index contributed by atoms with van der Waals surface area (Å²) in [6, 6.07) is 18.5. The van der Waals surface area contributed by atoms with Crippen LogP contribution >= 0.6 is 0 Å². The number of benzene rings is 3. The van der Waals surface area contributed by atoms with E-state index in [1.165, 1.54) is 24.3 Å². The van der Waals surface area contributed by atoms with Gasteiger partial charge in [-0.05, 0) is 36.4 Å². The maximum atomic E-state index is 12.6. The lowest BCUT2D eigenvalue weighted by Crippen LogP contribution is -2.01. The van der Waals surface area contributed by atoms with E-state index >= 15 is 0 Å². The normalized spacial score (nSPS) is 11.0. The Labute approximate surface area is 136 Å². The Kier molecular flexibility index (Phi) is 3.13. The van der Waals surface area contributed by atoms with Crippen LogP contribution in [0, 0.1) is 10.1 Å². The minimum absolute atomic E-state index is 0.0390. The first kappa shape index (κ1) is 14.1. The van der Waals surface area contributed by atoms with E-state index in [1.54, 1.807) is 18.2 Å². The van der Waals surface area contributed by atoms with Crippen LogP contribution in [-0.2, 0) is 0 Å². The first-order chi connectivity index (χ1) is 11.6. The highest BCUT2D eigenvalue weighted by atomic mass is 16.6. The van der Waals surface area contributed by atoms with E-state index < -0.39 is 4.92 Å². The molecule has 0 N–H and O–H groups in total. The number of nitro groups is 1. The number of non-ortho nitro benzene ring substituents is 1. The SMILES string of the molecule is O=C(c1ccc([N+](=O)[O-])cc1)c1ccc2oc3ccccc3c2c1. The van der Waals surface area contributed by atoms with Gasteiger partial charge in [-0.2, -0.15) is 0 Å². The molecule has 0 amide bonds. The number of hydrogen-bond acceptors (Lipinski definition) is 4. The Bertz CT molecular complexity index is 1090. The lowest BCUT2D eigenvalue weighted by atomic mass is 10.0. The molecule has 0 aliphatic carbocycles. The number of ketones is 1. The summed E-state index contributed by atoms with van der Waals surface area (Å²) < 4.78 is 5.75. The second kappa shape index (κ2) is 5.31. The molecular formula is C19H11NO4. The van der Waals surface area contributed by atoms with Crippen LogP contribution in [0.15, 0.2) is 71.1 Å². The van der Waals surface area contributed by atoms with Gasteiger partial charge in [0, 0.05) is 34.0 Å². The lowest BCUT2D eigenvalue weighted by Gasteiger charge is -2.01. The molecule has 24 heavy (non-hydrogen) atoms. The van der Waals surface area contributed by atoms with E-state index in [1.807, 2.05) is 24.3 Å². The van der Waals surface area contributed by atoms with Crippen molar-refractivity contribution in [1.82, 2.24) is 0 Å². The van der Waals surface area contributed by atoms with Crippen LogP contribution in [-0.4, -0.2) is 10.7 Å². The fourth-order valence-corrected chi connectivity index (χ4v) is 2.77. The molecule has 5 nitrogen and oxygen atoms in total. The molecule has 0 spiro atoms. The van der Waals surface area contributed by atoms with Crippen molar-refractivity contribution in [2.24, 2.45) is 0 Å². The zero-order valence-corrected chi connectivity index (χ0v) is 12.4. The number of rotatable bonds is 3. The van der Waals surface area contributed by atoms with E-state index in [9.17, 15) is 14.9 Å². The molecule has 0 saturated carbocycles. The lowest BCUT2D eigenvalue weighted by molar-refractivity contribution is -0.384. The average molecular weight is 317 g/mol. The van der Waals surface area contributed by atoms with Gasteiger partial charge < -0.3 is 4.42 Å². The van der Waals surface area contributed by atoms with E-state index in [-0.39, 0.29) is 11.5 Å². The Morgan fingerprint density at radius 3 is 2.25 bits per heavy atom. The molecule has 1 aromatic heterocycles. The Morgan fingerprint density at radius 1 is 0.833 bits per heavy atom. The van der Waals surface area contributed by atoms with Gasteiger partial charge in [0.25, 0.3) is 5.69 Å². The van der Waals surface area contributed by atoms with Gasteiger partial charge in [0.05, 0.1) is 4.92 Å². The minimum Gasteiger partial charge on any atom is -0.456 e. The Morgan fingerprint density at radius 2 is 1.50 bits per heavy atom. The molecule has 0 bridgehead atoms. The molecule has 0 saturated heterocycles. The fourth-order valence-electron chi connectivity index (χ4n) is 2.77. The van der Waals surface area contributed by atoms with Crippen LogP contribution in [0.1, 0.15) is 15.9 Å². The third kappa shape index (κ3) is 2.23. The van der Waals surface area contributed by atoms with Gasteiger partial charge in [0.2, 0.25) is 0 Å². The zero-order valence-electron chi connectivity index (χ0n) is 12.4. The molecule has 0 aliphatic rings. The van der Waals surface area contributed by atoms with E-state index in [0.717, 1.165) is 21.9 Å². The van der Waals surface area contributed by atoms with Gasteiger partial charge >= 0.3 is 0 Å². The molecule has 1 heterocycles. The predicted octanol–water partition coefficient (Wildman–Crippen LogP) is 4.73. The molecule has 3 aromatic carbocycles. The largest absolute Gasteiger partial charge is 0.456 e. The molecule has 5 heteroatoms. The summed E-state index contributed by atoms with van der Waals surface area (Å²) >= 11 is 0. The van der Waals surface area contributed by atoms with Gasteiger partial charge in [0.15, 0.2) is 5.78 Å². The maximum absolute atomic E-state index is 12.6. The number of furan rings is 1. The van der Waals surface area contributed by atoms with E-state index in [0.29, 0.717) is 11.1 Å². The minimum atomic E-state index is -0.488. The monoisotopic (exact) mass is 317 g/mol. The van der Waals surface area contributed by atoms with Gasteiger partial charge in [-0.25, -0.2) is 0 Å². The van der Waals surface area contributed by atoms with E-state index in [2.05, 4.69) is 0 Å². The molecule has 4 aromatic rings. The summed E-state index contributed by atoms with van der Waals surface area (Å²) in [5.41, 5.74) is 2.38. The number of hydrogen-bond donors (Lipinski definition) is 0. The van der Waals surface area contributed by atoms with E-state index in [4.69, 9.17) is 4.42 Å². The first-order valence-corrected chi connectivity index (χ1v) is 7.34. The Balaban J connectivity index is 1.79. The number of nitro benzene ring substituents is 1. The van der Waals surface area contributed by atoms with Crippen molar-refractivity contribution in [1.29, 1.82) is 0 Å². The van der Waals surface area contributed by atoms with Gasteiger partial charge in [-0.3, -0.25) is 14.9 Å². The van der Waals surface area contributed by atoms with Crippen molar-refractivity contribution in [2.45, 2.75) is 0 Å². The standard InChI is InChI=1S/C19H11NO4/c21-19(12-5-8-14(9-6-12)20(22)23)13-7-10-18-16(11-13)15-3-1-2-4-17(15)24-18/h1-11H. The topological polar surface area (TPSA) is 73.3 Å². The smallest absolute Gasteiger partial charge is 0.269 e. The third-order valence-electron chi connectivity index (χ3n) is 3.98. The molecular weight excluding hydrogens is 306 g/mol. The quantitative estimate of drug-likeness (QED) is 0.311. The summed E-state index contributed by atoms with van der Waals surface area (Å²) in [5, 5.41) is 12.5. The van der Waals surface area contributed by atoms with Crippen LogP contribution in [0.3, 0.4) is 0 Å². The highest BCUT2D eigenvalue weighted by Gasteiger charge is 2.14. The maximum Gasteiger partial charge on any atom is 0.269 e. The zero-order chi connectivity index (χ0) is 16.7. The summed E-state index contributed by atoms with van der Waals surface area (Å²) in [5.74, 6) is -0.183. The summed E-state index contributed by atoms with van der Waals surface area (Å²) in [6.07, 6.45) is 0. The molecule has 0 unspecified atom stereocenters. The molecule has 0 atom stereocenters. The highest BCUT2D eigenvalue weighted by Crippen LogP contribution is 2.29. The van der Waals surface area contributed by atoms with Crippen molar-refractivity contribution in [3.05, 3.63) is 88.0 Å². The van der Waals surface area contributed by atoms with Gasteiger partial charge in [-0.1, -0.05) is 18.2 Å². The van der Waals surface area contributed by atoms with Crippen LogP contribution in [0.4, 0.5) is 5.69 Å². The van der Waals surface area contributed by atoms with Crippen LogP contribution in [0.2, 0.25) is 0 Å². The molecule has 0 radical (unpaired) electrons. The summed E-state index contributed by atoms with van der Waals surface area (Å²) in [4.78, 5) is 22.8. The van der Waals surface area contributed by atoms with Crippen molar-refractivity contribution in [3.8, 4) is 0 Å². The first-order valence-electron chi connectivity index (χ1n) is 7.34. The molecule has 0 fully saturated rings. The molecule has 0 aliphatic heterocycles. The third-order valence-corrected chi connectivity index (χ3v) is 3.98.